The van der Waals surface area contributed by atoms with Gasteiger partial charge in [-0.25, -0.2) is 0 Å². The normalized spacial score (nSPS) is 10.5. The third kappa shape index (κ3) is 5.79. The molecule has 0 fully saturated rings. The van der Waals surface area contributed by atoms with E-state index in [1.54, 1.807) is 7.05 Å². The predicted molar refractivity (Wildman–Crippen MR) is 123 cm³/mol. The molecule has 0 aromatic heterocycles. The van der Waals surface area contributed by atoms with Crippen LogP contribution in [-0.4, -0.2) is 43.8 Å². The molecule has 26 heavy (non-hydrogen) atoms. The molecule has 1 rings (SSSR count). The largest absolute Gasteiger partial charge is 0.481 e. The van der Waals surface area contributed by atoms with E-state index in [0.717, 1.165) is 0 Å². The van der Waals surface area contributed by atoms with Gasteiger partial charge in [0.2, 0.25) is 5.91 Å². The quantitative estimate of drug-likeness (QED) is 0.218. The van der Waals surface area contributed by atoms with Crippen LogP contribution in [0, 0.1) is 10.7 Å². The van der Waals surface area contributed by atoms with Crippen LogP contribution < -0.4 is 16.0 Å². The van der Waals surface area contributed by atoms with Crippen LogP contribution in [0.3, 0.4) is 0 Å². The zero-order chi connectivity index (χ0) is 20.0. The predicted octanol–water partition coefficient (Wildman–Crippen LogP) is 2.63. The molecule has 144 valence electrons. The van der Waals surface area contributed by atoms with E-state index in [4.69, 9.17) is 15.6 Å². The molecule has 0 aliphatic heterocycles. The Hall–Kier alpha value is -0.420. The Bertz CT molecular complexity index is 727. The van der Waals surface area contributed by atoms with Crippen molar-refractivity contribution in [3.63, 3.8) is 0 Å². The lowest BCUT2D eigenvalue weighted by molar-refractivity contribution is -0.137. The van der Waals surface area contributed by atoms with Crippen molar-refractivity contribution in [2.75, 3.05) is 31.5 Å². The number of carboxylic acids is 1. The van der Waals surface area contributed by atoms with Gasteiger partial charge in [0.05, 0.1) is 27.6 Å². The van der Waals surface area contributed by atoms with E-state index in [9.17, 15) is 14.4 Å². The summed E-state index contributed by atoms with van der Waals surface area (Å²) in [6.07, 6.45) is 0.256. The molecule has 1 aromatic carbocycles. The van der Waals surface area contributed by atoms with E-state index in [2.05, 4.69) is 5.32 Å². The number of aliphatic carboxylic acids is 1. The number of nitrogen functional groups attached to an aromatic ring is 1. The average molecular weight is 701 g/mol. The van der Waals surface area contributed by atoms with Crippen molar-refractivity contribution < 1.29 is 24.2 Å². The molecular formula is C15H18I3N3O5. The van der Waals surface area contributed by atoms with Gasteiger partial charge in [0, 0.05) is 27.0 Å². The van der Waals surface area contributed by atoms with Gasteiger partial charge in [0.15, 0.2) is 0 Å². The van der Waals surface area contributed by atoms with Gasteiger partial charge in [-0.3, -0.25) is 14.4 Å². The first-order valence-electron chi connectivity index (χ1n) is 7.34. The molecule has 0 saturated heterocycles. The van der Waals surface area contributed by atoms with Gasteiger partial charge in [-0.05, 0) is 74.2 Å². The van der Waals surface area contributed by atoms with Crippen LogP contribution in [0.5, 0.6) is 0 Å². The van der Waals surface area contributed by atoms with Gasteiger partial charge in [-0.2, -0.15) is 0 Å². The summed E-state index contributed by atoms with van der Waals surface area (Å²) in [5, 5.41) is 11.3. The maximum atomic E-state index is 12.5. The molecule has 0 aliphatic carbocycles. The van der Waals surface area contributed by atoms with Crippen LogP contribution in [0.4, 0.5) is 11.4 Å². The van der Waals surface area contributed by atoms with Crippen molar-refractivity contribution in [2.24, 2.45) is 0 Å². The summed E-state index contributed by atoms with van der Waals surface area (Å²) in [6.45, 7) is 0.0518. The number of nitrogens with zero attached hydrogens (tertiary/aromatic N) is 1. The molecule has 0 radical (unpaired) electrons. The summed E-state index contributed by atoms with van der Waals surface area (Å²) in [5.41, 5.74) is 7.47. The van der Waals surface area contributed by atoms with E-state index in [1.165, 1.54) is 12.0 Å². The fraction of sp³-hybridized carbons (Fsp3) is 0.400. The summed E-state index contributed by atoms with van der Waals surface area (Å²) >= 11 is 6.07. The zero-order valence-corrected chi connectivity index (χ0v) is 20.5. The minimum absolute atomic E-state index is 0.0518. The number of anilines is 2. The fourth-order valence-electron chi connectivity index (χ4n) is 2.07. The average Bonchev–Trinajstić information content (AvgIpc) is 2.57. The third-order valence-electron chi connectivity index (χ3n) is 3.42. The molecule has 4 N–H and O–H groups in total. The first-order chi connectivity index (χ1) is 12.1. The lowest BCUT2D eigenvalue weighted by atomic mass is 10.1. The summed E-state index contributed by atoms with van der Waals surface area (Å²) < 4.78 is 6.71. The van der Waals surface area contributed by atoms with Crippen molar-refractivity contribution >= 4 is 96.9 Å². The summed E-state index contributed by atoms with van der Waals surface area (Å²) in [7, 11) is 3.05. The lowest BCUT2D eigenvalue weighted by Crippen LogP contribution is -2.31. The highest BCUT2D eigenvalue weighted by Gasteiger charge is 2.27. The second-order valence-corrected chi connectivity index (χ2v) is 8.45. The van der Waals surface area contributed by atoms with Crippen molar-refractivity contribution in [3.05, 3.63) is 16.3 Å². The molecule has 0 heterocycles. The number of carbonyl (C=O) groups is 3. The molecule has 0 unspecified atom stereocenters. The van der Waals surface area contributed by atoms with Gasteiger partial charge in [0.1, 0.15) is 6.73 Å². The summed E-state index contributed by atoms with van der Waals surface area (Å²) in [6, 6.07) is 0. The van der Waals surface area contributed by atoms with Crippen LogP contribution >= 0.6 is 67.8 Å². The summed E-state index contributed by atoms with van der Waals surface area (Å²) in [4.78, 5) is 37.0. The van der Waals surface area contributed by atoms with E-state index < -0.39 is 5.97 Å². The van der Waals surface area contributed by atoms with Crippen LogP contribution in [0.15, 0.2) is 0 Å². The molecule has 2 amide bonds. The number of methoxy groups -OCH3 is 1. The maximum Gasteiger partial charge on any atom is 0.303 e. The second-order valence-electron chi connectivity index (χ2n) is 5.22. The zero-order valence-electron chi connectivity index (χ0n) is 14.1. The van der Waals surface area contributed by atoms with Crippen molar-refractivity contribution in [1.29, 1.82) is 0 Å². The Labute approximate surface area is 192 Å². The van der Waals surface area contributed by atoms with Crippen LogP contribution in [0.2, 0.25) is 0 Å². The van der Waals surface area contributed by atoms with Crippen molar-refractivity contribution in [1.82, 2.24) is 5.32 Å². The highest BCUT2D eigenvalue weighted by atomic mass is 127. The number of carbonyl (C=O) groups excluding carboxylic acids is 2. The number of nitrogens with one attached hydrogen (secondary N) is 1. The first kappa shape index (κ1) is 23.6. The number of hydrogen-bond acceptors (Lipinski definition) is 5. The van der Waals surface area contributed by atoms with Gasteiger partial charge in [0.25, 0.3) is 5.91 Å². The molecule has 0 atom stereocenters. The molecule has 11 heteroatoms. The summed E-state index contributed by atoms with van der Waals surface area (Å²) in [5.74, 6) is -1.54. The maximum absolute atomic E-state index is 12.5. The highest BCUT2D eigenvalue weighted by molar-refractivity contribution is 14.1. The molecular weight excluding hydrogens is 683 g/mol. The molecule has 0 aliphatic rings. The van der Waals surface area contributed by atoms with Crippen LogP contribution in [0.1, 0.15) is 29.6 Å². The number of amides is 2. The standard InChI is InChI=1S/C15H18I3N3O5/c1-21(7(22)4-3-5-8(23)24)14-11(17)9(15(25)20-6-26-2)10(16)13(19)12(14)18/h3-6,19H2,1-2H3,(H,20,25)(H,23,24). The number of benzene rings is 1. The monoisotopic (exact) mass is 701 g/mol. The molecule has 1 aromatic rings. The van der Waals surface area contributed by atoms with E-state index in [-0.39, 0.29) is 37.8 Å². The lowest BCUT2D eigenvalue weighted by Gasteiger charge is -2.24. The van der Waals surface area contributed by atoms with Gasteiger partial charge >= 0.3 is 5.97 Å². The molecule has 8 nitrogen and oxygen atoms in total. The minimum atomic E-state index is -0.944. The smallest absolute Gasteiger partial charge is 0.303 e. The number of hydrogen-bond donors (Lipinski definition) is 3. The SMILES string of the molecule is COCNC(=O)c1c(I)c(N)c(I)c(N(C)C(=O)CCCC(=O)O)c1I. The Balaban J connectivity index is 3.25. The van der Waals surface area contributed by atoms with Gasteiger partial charge in [-0.1, -0.05) is 0 Å². The van der Waals surface area contributed by atoms with E-state index in [0.29, 0.717) is 27.6 Å². The number of nitrogens with two attached hydrogens (primary N) is 1. The Kier molecular flexibility index (Phi) is 9.81. The van der Waals surface area contributed by atoms with E-state index in [1.807, 2.05) is 67.8 Å². The Morgan fingerprint density at radius 3 is 2.31 bits per heavy atom. The number of halogens is 3. The van der Waals surface area contributed by atoms with Crippen LogP contribution in [0.25, 0.3) is 0 Å². The number of ether oxygens (including phenoxy) is 1. The third-order valence-corrected chi connectivity index (χ3v) is 6.69. The first-order valence-corrected chi connectivity index (χ1v) is 10.6. The van der Waals surface area contributed by atoms with Gasteiger partial charge < -0.3 is 25.8 Å². The molecule has 0 saturated carbocycles. The Morgan fingerprint density at radius 2 is 1.77 bits per heavy atom. The van der Waals surface area contributed by atoms with Gasteiger partial charge in [-0.15, -0.1) is 0 Å². The highest BCUT2D eigenvalue weighted by Crippen LogP contribution is 2.39. The van der Waals surface area contributed by atoms with Crippen molar-refractivity contribution in [2.45, 2.75) is 19.3 Å². The Morgan fingerprint density at radius 1 is 1.15 bits per heavy atom. The molecule has 0 spiro atoms. The number of rotatable bonds is 8. The fourth-order valence-corrected chi connectivity index (χ4v) is 6.45. The van der Waals surface area contributed by atoms with E-state index >= 15 is 0 Å². The minimum Gasteiger partial charge on any atom is -0.481 e. The molecule has 0 bridgehead atoms. The second kappa shape index (κ2) is 10.8. The van der Waals surface area contributed by atoms with Crippen molar-refractivity contribution in [3.8, 4) is 0 Å². The van der Waals surface area contributed by atoms with Crippen LogP contribution in [-0.2, 0) is 14.3 Å². The number of carboxylic acid groups (broad SMARTS) is 1. The topological polar surface area (TPSA) is 122 Å².